The Kier molecular flexibility index (Phi) is 9.42. The van der Waals surface area contributed by atoms with Crippen LogP contribution in [0.15, 0.2) is 42.5 Å². The molecule has 0 radical (unpaired) electrons. The lowest BCUT2D eigenvalue weighted by Gasteiger charge is -2.33. The molecule has 2 aromatic carbocycles. The molecular formula is C27H37N3O6S. The number of ether oxygens (including phenoxy) is 2. The number of amides is 2. The van der Waals surface area contributed by atoms with E-state index in [1.54, 1.807) is 18.2 Å². The molecule has 0 bridgehead atoms. The van der Waals surface area contributed by atoms with Gasteiger partial charge in [-0.1, -0.05) is 45.0 Å². The monoisotopic (exact) mass is 531 g/mol. The third-order valence-electron chi connectivity index (χ3n) is 6.17. The molecule has 9 nitrogen and oxygen atoms in total. The van der Waals surface area contributed by atoms with Gasteiger partial charge in [-0.05, 0) is 42.5 Å². The molecule has 1 aliphatic heterocycles. The largest absolute Gasteiger partial charge is 0.486 e. The highest BCUT2D eigenvalue weighted by atomic mass is 32.2. The molecule has 0 unspecified atom stereocenters. The van der Waals surface area contributed by atoms with Crippen LogP contribution in [-0.4, -0.2) is 63.7 Å². The number of hydrogen-bond donors (Lipinski definition) is 1. The Balaban J connectivity index is 1.95. The SMILES string of the molecule is CC[C@@H](C(=O)NCC(C)C)N(Cc1ccccc1C)C(=O)CN(c1ccc2c(c1)OCCO2)S(C)(=O)=O. The van der Waals surface area contributed by atoms with Crippen molar-refractivity contribution in [3.8, 4) is 11.5 Å². The first kappa shape index (κ1) is 28.3. The van der Waals surface area contributed by atoms with Crippen LogP contribution in [0, 0.1) is 12.8 Å². The minimum Gasteiger partial charge on any atom is -0.486 e. The first-order valence-corrected chi connectivity index (χ1v) is 14.3. The molecule has 2 aromatic rings. The Morgan fingerprint density at radius 2 is 1.73 bits per heavy atom. The molecule has 37 heavy (non-hydrogen) atoms. The zero-order valence-electron chi connectivity index (χ0n) is 22.2. The molecule has 2 amide bonds. The summed E-state index contributed by atoms with van der Waals surface area (Å²) in [5.74, 6) is 0.446. The fraction of sp³-hybridized carbons (Fsp3) is 0.481. The van der Waals surface area contributed by atoms with Crippen LogP contribution in [0.25, 0.3) is 0 Å². The minimum atomic E-state index is -3.84. The number of rotatable bonds is 11. The number of aryl methyl sites for hydroxylation is 1. The van der Waals surface area contributed by atoms with Crippen LogP contribution in [-0.2, 0) is 26.2 Å². The highest BCUT2D eigenvalue weighted by Crippen LogP contribution is 2.34. The van der Waals surface area contributed by atoms with E-state index in [1.165, 1.54) is 4.90 Å². The van der Waals surface area contributed by atoms with Crippen LogP contribution in [0.3, 0.4) is 0 Å². The van der Waals surface area contributed by atoms with Crippen molar-refractivity contribution >= 4 is 27.5 Å². The third kappa shape index (κ3) is 7.38. The van der Waals surface area contributed by atoms with E-state index in [-0.39, 0.29) is 24.1 Å². The Hall–Kier alpha value is -3.27. The van der Waals surface area contributed by atoms with Gasteiger partial charge in [-0.3, -0.25) is 13.9 Å². The first-order valence-electron chi connectivity index (χ1n) is 12.5. The maximum Gasteiger partial charge on any atom is 0.244 e. The average molecular weight is 532 g/mol. The standard InChI is InChI=1S/C27H37N3O6S/c1-6-23(27(32)28-16-19(2)3)29(17-21-10-8-7-9-20(21)4)26(31)18-30(37(5,33)34)22-11-12-24-25(15-22)36-14-13-35-24/h7-12,15,19,23H,6,13-14,16-18H2,1-5H3,(H,28,32)/t23-/m0/s1. The van der Waals surface area contributed by atoms with Crippen LogP contribution >= 0.6 is 0 Å². The Bertz CT molecular complexity index is 1210. The summed E-state index contributed by atoms with van der Waals surface area (Å²) < 4.78 is 37.8. The van der Waals surface area contributed by atoms with E-state index in [9.17, 15) is 18.0 Å². The van der Waals surface area contributed by atoms with Gasteiger partial charge in [0.1, 0.15) is 25.8 Å². The lowest BCUT2D eigenvalue weighted by Crippen LogP contribution is -2.52. The van der Waals surface area contributed by atoms with E-state index in [0.29, 0.717) is 37.7 Å². The quantitative estimate of drug-likeness (QED) is 0.478. The lowest BCUT2D eigenvalue weighted by molar-refractivity contribution is -0.140. The molecule has 0 spiro atoms. The minimum absolute atomic E-state index is 0.178. The van der Waals surface area contributed by atoms with Crippen molar-refractivity contribution in [2.75, 3.05) is 36.9 Å². The number of nitrogens with one attached hydrogen (secondary N) is 1. The fourth-order valence-electron chi connectivity index (χ4n) is 4.11. The van der Waals surface area contributed by atoms with Gasteiger partial charge >= 0.3 is 0 Å². The number of hydrogen-bond acceptors (Lipinski definition) is 6. The molecule has 0 saturated carbocycles. The lowest BCUT2D eigenvalue weighted by atomic mass is 10.1. The Labute approximate surface area is 219 Å². The number of benzene rings is 2. The van der Waals surface area contributed by atoms with Gasteiger partial charge < -0.3 is 19.7 Å². The van der Waals surface area contributed by atoms with E-state index in [0.717, 1.165) is 21.7 Å². The summed E-state index contributed by atoms with van der Waals surface area (Å²) in [6, 6.07) is 11.6. The summed E-state index contributed by atoms with van der Waals surface area (Å²) in [6.45, 7) is 8.73. The zero-order valence-corrected chi connectivity index (χ0v) is 23.0. The van der Waals surface area contributed by atoms with Gasteiger partial charge in [0.25, 0.3) is 0 Å². The van der Waals surface area contributed by atoms with Crippen LogP contribution in [0.1, 0.15) is 38.3 Å². The number of carbonyl (C=O) groups is 2. The molecule has 0 aliphatic carbocycles. The van der Waals surface area contributed by atoms with Crippen molar-refractivity contribution in [3.05, 3.63) is 53.6 Å². The molecule has 0 saturated heterocycles. The van der Waals surface area contributed by atoms with E-state index < -0.39 is 28.5 Å². The first-order chi connectivity index (χ1) is 17.5. The van der Waals surface area contributed by atoms with Crippen LogP contribution in [0.2, 0.25) is 0 Å². The molecule has 1 atom stereocenters. The van der Waals surface area contributed by atoms with Gasteiger partial charge in [0.2, 0.25) is 21.8 Å². The summed E-state index contributed by atoms with van der Waals surface area (Å²) in [5, 5.41) is 2.92. The molecule has 1 heterocycles. The molecule has 0 aromatic heterocycles. The van der Waals surface area contributed by atoms with Crippen molar-refractivity contribution in [1.82, 2.24) is 10.2 Å². The smallest absolute Gasteiger partial charge is 0.244 e. The predicted molar refractivity (Wildman–Crippen MR) is 143 cm³/mol. The van der Waals surface area contributed by atoms with Crippen molar-refractivity contribution in [2.45, 2.75) is 46.7 Å². The molecule has 0 fully saturated rings. The number of nitrogens with zero attached hydrogens (tertiary/aromatic N) is 2. The van der Waals surface area contributed by atoms with Crippen molar-refractivity contribution in [3.63, 3.8) is 0 Å². The van der Waals surface area contributed by atoms with Crippen molar-refractivity contribution < 1.29 is 27.5 Å². The van der Waals surface area contributed by atoms with Gasteiger partial charge in [-0.25, -0.2) is 8.42 Å². The van der Waals surface area contributed by atoms with Gasteiger partial charge in [-0.15, -0.1) is 0 Å². The fourth-order valence-corrected chi connectivity index (χ4v) is 4.96. The maximum atomic E-state index is 13.8. The molecule has 1 aliphatic rings. The van der Waals surface area contributed by atoms with Crippen molar-refractivity contribution in [1.29, 1.82) is 0 Å². The average Bonchev–Trinajstić information content (AvgIpc) is 2.85. The normalized spacial score (nSPS) is 13.7. The summed E-state index contributed by atoms with van der Waals surface area (Å²) in [7, 11) is -3.84. The van der Waals surface area contributed by atoms with Crippen LogP contribution < -0.4 is 19.1 Å². The third-order valence-corrected chi connectivity index (χ3v) is 7.31. The Morgan fingerprint density at radius 1 is 1.05 bits per heavy atom. The topological polar surface area (TPSA) is 105 Å². The second kappa shape index (κ2) is 12.3. The van der Waals surface area contributed by atoms with E-state index >= 15 is 0 Å². The number of carbonyl (C=O) groups excluding carboxylic acids is 2. The highest BCUT2D eigenvalue weighted by Gasteiger charge is 2.32. The molecule has 3 rings (SSSR count). The number of anilines is 1. The van der Waals surface area contributed by atoms with E-state index in [4.69, 9.17) is 9.47 Å². The molecular weight excluding hydrogens is 494 g/mol. The van der Waals surface area contributed by atoms with Crippen LogP contribution in [0.5, 0.6) is 11.5 Å². The summed E-state index contributed by atoms with van der Waals surface area (Å²) in [5.41, 5.74) is 2.15. The predicted octanol–water partition coefficient (Wildman–Crippen LogP) is 3.11. The van der Waals surface area contributed by atoms with Gasteiger partial charge in [0.05, 0.1) is 11.9 Å². The van der Waals surface area contributed by atoms with Gasteiger partial charge in [0, 0.05) is 19.2 Å². The van der Waals surface area contributed by atoms with Gasteiger partial charge in [-0.2, -0.15) is 0 Å². The summed E-state index contributed by atoms with van der Waals surface area (Å²) in [4.78, 5) is 28.4. The van der Waals surface area contributed by atoms with Crippen molar-refractivity contribution in [2.24, 2.45) is 5.92 Å². The molecule has 1 N–H and O–H groups in total. The zero-order chi connectivity index (χ0) is 27.2. The number of fused-ring (bicyclic) bond motifs is 1. The number of sulfonamides is 1. The summed E-state index contributed by atoms with van der Waals surface area (Å²) >= 11 is 0. The second-order valence-corrected chi connectivity index (χ2v) is 11.5. The van der Waals surface area contributed by atoms with E-state index in [1.807, 2.05) is 52.0 Å². The van der Waals surface area contributed by atoms with Gasteiger partial charge in [0.15, 0.2) is 11.5 Å². The summed E-state index contributed by atoms with van der Waals surface area (Å²) in [6.07, 6.45) is 1.43. The maximum absolute atomic E-state index is 13.8. The molecule has 10 heteroatoms. The molecule has 202 valence electrons. The van der Waals surface area contributed by atoms with Crippen LogP contribution in [0.4, 0.5) is 5.69 Å². The highest BCUT2D eigenvalue weighted by molar-refractivity contribution is 7.92. The second-order valence-electron chi connectivity index (χ2n) is 9.61. The Morgan fingerprint density at radius 3 is 2.35 bits per heavy atom. The van der Waals surface area contributed by atoms with E-state index in [2.05, 4.69) is 5.32 Å².